The van der Waals surface area contributed by atoms with Gasteiger partial charge in [-0.2, -0.15) is 0 Å². The zero-order chi connectivity index (χ0) is 16.1. The molecule has 1 fully saturated rings. The summed E-state index contributed by atoms with van der Waals surface area (Å²) in [7, 11) is 0. The van der Waals surface area contributed by atoms with Gasteiger partial charge in [-0.3, -0.25) is 4.79 Å². The Morgan fingerprint density at radius 3 is 2.27 bits per heavy atom. The summed E-state index contributed by atoms with van der Waals surface area (Å²) in [6.45, 7) is 2.21. The minimum atomic E-state index is -1.54. The fourth-order valence-corrected chi connectivity index (χ4v) is 2.99. The Hall–Kier alpha value is -1.58. The molecule has 2 rings (SSSR count). The Bertz CT molecular complexity index is 534. The molecule has 0 aromatic heterocycles. The topological polar surface area (TPSA) is 17.1 Å². The highest BCUT2D eigenvalue weighted by molar-refractivity contribution is 5.97. The van der Waals surface area contributed by atoms with Gasteiger partial charge in [-0.05, 0) is 49.7 Å². The third-order valence-electron chi connectivity index (χ3n) is 4.49. The Balaban J connectivity index is 1.89. The summed E-state index contributed by atoms with van der Waals surface area (Å²) in [5.41, 5.74) is -0.129. The van der Waals surface area contributed by atoms with E-state index in [1.54, 1.807) is 6.08 Å². The Kier molecular flexibility index (Phi) is 5.81. The average molecular weight is 310 g/mol. The number of ketones is 1. The van der Waals surface area contributed by atoms with Gasteiger partial charge in [-0.15, -0.1) is 0 Å². The van der Waals surface area contributed by atoms with Crippen LogP contribution in [0.5, 0.6) is 0 Å². The molecule has 1 aliphatic carbocycles. The maximum Gasteiger partial charge on any atom is 0.194 e. The van der Waals surface area contributed by atoms with E-state index >= 15 is 0 Å². The molecule has 0 amide bonds. The van der Waals surface area contributed by atoms with E-state index < -0.39 is 23.2 Å². The second-order valence-electron chi connectivity index (χ2n) is 6.00. The van der Waals surface area contributed by atoms with E-state index in [1.165, 1.54) is 19.3 Å². The molecule has 0 bridgehead atoms. The minimum absolute atomic E-state index is 0.0816. The van der Waals surface area contributed by atoms with Gasteiger partial charge < -0.3 is 0 Å². The van der Waals surface area contributed by atoms with Crippen LogP contribution in [0, 0.1) is 29.3 Å². The normalized spacial score (nSPS) is 22.2. The van der Waals surface area contributed by atoms with E-state index in [4.69, 9.17) is 0 Å². The molecule has 1 saturated carbocycles. The summed E-state index contributed by atoms with van der Waals surface area (Å²) in [4.78, 5) is 11.9. The fraction of sp³-hybridized carbons (Fsp3) is 0.500. The molecule has 0 spiro atoms. The van der Waals surface area contributed by atoms with Crippen LogP contribution in [0.2, 0.25) is 0 Å². The van der Waals surface area contributed by atoms with Crippen molar-refractivity contribution >= 4 is 5.78 Å². The van der Waals surface area contributed by atoms with Gasteiger partial charge in [0, 0.05) is 12.0 Å². The summed E-state index contributed by atoms with van der Waals surface area (Å²) in [6.07, 6.45) is 9.78. The van der Waals surface area contributed by atoms with E-state index in [0.29, 0.717) is 5.92 Å². The maximum atomic E-state index is 13.1. The van der Waals surface area contributed by atoms with Crippen LogP contribution in [-0.2, 0) is 0 Å². The van der Waals surface area contributed by atoms with E-state index in [0.717, 1.165) is 30.9 Å². The first-order valence-corrected chi connectivity index (χ1v) is 7.85. The molecule has 0 atom stereocenters. The van der Waals surface area contributed by atoms with Crippen LogP contribution < -0.4 is 0 Å². The molecule has 22 heavy (non-hydrogen) atoms. The number of hydrogen-bond acceptors (Lipinski definition) is 1. The molecule has 4 heteroatoms. The molecule has 1 aromatic carbocycles. The maximum absolute atomic E-state index is 13.1. The van der Waals surface area contributed by atoms with Gasteiger partial charge in [0.25, 0.3) is 0 Å². The fourth-order valence-electron chi connectivity index (χ4n) is 2.99. The predicted octanol–water partition coefficient (Wildman–Crippen LogP) is 5.45. The van der Waals surface area contributed by atoms with Gasteiger partial charge >= 0.3 is 0 Å². The number of rotatable bonds is 5. The summed E-state index contributed by atoms with van der Waals surface area (Å²) in [5.74, 6) is -3.31. The molecule has 1 aliphatic rings. The quantitative estimate of drug-likeness (QED) is 0.401. The SMILES string of the molecule is CCC1CCC(C=CCC(=O)c2cc(F)c(F)c(F)c2)CC1. The van der Waals surface area contributed by atoms with Crippen LogP contribution in [0.3, 0.4) is 0 Å². The molecule has 120 valence electrons. The van der Waals surface area contributed by atoms with E-state index in [9.17, 15) is 18.0 Å². The van der Waals surface area contributed by atoms with Crippen molar-refractivity contribution in [2.45, 2.75) is 45.4 Å². The van der Waals surface area contributed by atoms with Gasteiger partial charge in [0.05, 0.1) is 0 Å². The highest BCUT2D eigenvalue weighted by Gasteiger charge is 2.18. The first kappa shape index (κ1) is 16.8. The first-order chi connectivity index (χ1) is 10.5. The van der Waals surface area contributed by atoms with Crippen LogP contribution in [-0.4, -0.2) is 5.78 Å². The van der Waals surface area contributed by atoms with Gasteiger partial charge in [-0.1, -0.05) is 25.5 Å². The number of benzene rings is 1. The second-order valence-corrected chi connectivity index (χ2v) is 6.00. The lowest BCUT2D eigenvalue weighted by Gasteiger charge is -2.25. The van der Waals surface area contributed by atoms with Gasteiger partial charge in [0.15, 0.2) is 23.2 Å². The average Bonchev–Trinajstić information content (AvgIpc) is 2.52. The molecule has 0 aliphatic heterocycles. The zero-order valence-corrected chi connectivity index (χ0v) is 12.7. The summed E-state index contributed by atoms with van der Waals surface area (Å²) >= 11 is 0. The third kappa shape index (κ3) is 4.21. The van der Waals surface area contributed by atoms with Crippen molar-refractivity contribution in [2.24, 2.45) is 11.8 Å². The molecule has 0 radical (unpaired) electrons. The van der Waals surface area contributed by atoms with Crippen molar-refractivity contribution < 1.29 is 18.0 Å². The molecule has 0 saturated heterocycles. The monoisotopic (exact) mass is 310 g/mol. The zero-order valence-electron chi connectivity index (χ0n) is 12.7. The molecular formula is C18H21F3O. The number of carbonyl (C=O) groups excluding carboxylic acids is 1. The standard InChI is InChI=1S/C18H21F3O/c1-2-12-6-8-13(9-7-12)4-3-5-17(22)14-10-15(19)18(21)16(20)11-14/h3-4,10-13H,2,5-9H2,1H3. The Morgan fingerprint density at radius 2 is 1.73 bits per heavy atom. The van der Waals surface area contributed by atoms with Gasteiger partial charge in [-0.25, -0.2) is 13.2 Å². The summed E-state index contributed by atoms with van der Waals surface area (Å²) in [5, 5.41) is 0. The highest BCUT2D eigenvalue weighted by Crippen LogP contribution is 2.31. The molecule has 0 heterocycles. The molecule has 1 nitrogen and oxygen atoms in total. The first-order valence-electron chi connectivity index (χ1n) is 7.85. The Morgan fingerprint density at radius 1 is 1.14 bits per heavy atom. The van der Waals surface area contributed by atoms with Crippen molar-refractivity contribution in [3.8, 4) is 0 Å². The van der Waals surface area contributed by atoms with Gasteiger partial charge in [0.1, 0.15) is 0 Å². The van der Waals surface area contributed by atoms with Crippen LogP contribution in [0.15, 0.2) is 24.3 Å². The van der Waals surface area contributed by atoms with Crippen LogP contribution in [0.4, 0.5) is 13.2 Å². The molecule has 0 unspecified atom stereocenters. The van der Waals surface area contributed by atoms with Gasteiger partial charge in [0.2, 0.25) is 0 Å². The lowest BCUT2D eigenvalue weighted by atomic mass is 9.80. The number of hydrogen-bond donors (Lipinski definition) is 0. The lowest BCUT2D eigenvalue weighted by molar-refractivity contribution is 0.0994. The van der Waals surface area contributed by atoms with Crippen LogP contribution in [0.1, 0.15) is 55.8 Å². The molecular weight excluding hydrogens is 289 g/mol. The van der Waals surface area contributed by atoms with Crippen LogP contribution in [0.25, 0.3) is 0 Å². The summed E-state index contributed by atoms with van der Waals surface area (Å²) in [6, 6.07) is 1.50. The van der Waals surface area contributed by atoms with E-state index in [2.05, 4.69) is 6.92 Å². The van der Waals surface area contributed by atoms with Crippen molar-refractivity contribution in [2.75, 3.05) is 0 Å². The highest BCUT2D eigenvalue weighted by atomic mass is 19.2. The second kappa shape index (κ2) is 7.61. The van der Waals surface area contributed by atoms with Crippen molar-refractivity contribution in [1.82, 2.24) is 0 Å². The Labute approximate surface area is 129 Å². The molecule has 0 N–H and O–H groups in total. The minimum Gasteiger partial charge on any atom is -0.294 e. The van der Waals surface area contributed by atoms with E-state index in [-0.39, 0.29) is 12.0 Å². The predicted molar refractivity (Wildman–Crippen MR) is 80.1 cm³/mol. The van der Waals surface area contributed by atoms with Crippen molar-refractivity contribution in [3.63, 3.8) is 0 Å². The largest absolute Gasteiger partial charge is 0.294 e. The number of allylic oxidation sites excluding steroid dienone is 2. The van der Waals surface area contributed by atoms with Crippen molar-refractivity contribution in [1.29, 1.82) is 0 Å². The number of Topliss-reactive ketones (excluding diaryl/α,β-unsaturated/α-hetero) is 1. The summed E-state index contributed by atoms with van der Waals surface area (Å²) < 4.78 is 39.1. The number of halogens is 3. The third-order valence-corrected chi connectivity index (χ3v) is 4.49. The van der Waals surface area contributed by atoms with Crippen molar-refractivity contribution in [3.05, 3.63) is 47.3 Å². The smallest absolute Gasteiger partial charge is 0.194 e. The van der Waals surface area contributed by atoms with E-state index in [1.807, 2.05) is 6.08 Å². The van der Waals surface area contributed by atoms with Crippen LogP contribution >= 0.6 is 0 Å². The lowest BCUT2D eigenvalue weighted by Crippen LogP contribution is -2.12. The molecule has 1 aromatic rings. The number of carbonyl (C=O) groups is 1.